The van der Waals surface area contributed by atoms with Crippen molar-refractivity contribution in [2.75, 3.05) is 19.7 Å². The average molecular weight is 354 g/mol. The monoisotopic (exact) mass is 354 g/mol. The minimum Gasteiger partial charge on any atom is -0.370 e. The summed E-state index contributed by atoms with van der Waals surface area (Å²) in [6, 6.07) is 5.75. The summed E-state index contributed by atoms with van der Waals surface area (Å²) in [5.41, 5.74) is 2.28. The third kappa shape index (κ3) is 2.38. The molecule has 128 valence electrons. The molecule has 3 aromatic rings. The van der Waals surface area contributed by atoms with Crippen LogP contribution in [0.15, 0.2) is 36.0 Å². The predicted octanol–water partition coefficient (Wildman–Crippen LogP) is 2.50. The normalized spacial score (nSPS) is 19.3. The molecular weight excluding hydrogens is 336 g/mol. The molecule has 1 saturated heterocycles. The molecule has 0 N–H and O–H groups in total. The van der Waals surface area contributed by atoms with Crippen LogP contribution in [0.4, 0.5) is 0 Å². The van der Waals surface area contributed by atoms with Crippen LogP contribution < -0.4 is 0 Å². The number of nitrogens with zero attached hydrogens (tertiary/aromatic N) is 4. The highest BCUT2D eigenvalue weighted by molar-refractivity contribution is 7.10. The van der Waals surface area contributed by atoms with Crippen LogP contribution in [0.3, 0.4) is 0 Å². The first-order chi connectivity index (χ1) is 12.3. The number of hydrogen-bond acceptors (Lipinski definition) is 5. The van der Waals surface area contributed by atoms with Crippen molar-refractivity contribution in [2.45, 2.75) is 24.9 Å². The molecule has 5 heterocycles. The largest absolute Gasteiger partial charge is 0.370 e. The minimum atomic E-state index is -0.204. The fraction of sp³-hybridized carbons (Fsp3) is 0.389. The van der Waals surface area contributed by atoms with Crippen LogP contribution in [0.5, 0.6) is 0 Å². The maximum Gasteiger partial charge on any atom is 0.274 e. The Bertz CT molecular complexity index is 906. The van der Waals surface area contributed by atoms with E-state index in [-0.39, 0.29) is 11.5 Å². The van der Waals surface area contributed by atoms with Crippen molar-refractivity contribution in [1.82, 2.24) is 19.5 Å². The summed E-state index contributed by atoms with van der Waals surface area (Å²) in [5, 5.41) is 6.51. The molecule has 0 aromatic carbocycles. The zero-order chi connectivity index (χ0) is 16.9. The second-order valence-corrected chi connectivity index (χ2v) is 7.60. The summed E-state index contributed by atoms with van der Waals surface area (Å²) < 4.78 is 7.85. The molecule has 2 aliphatic rings. The molecule has 0 bridgehead atoms. The Kier molecular flexibility index (Phi) is 3.39. The maximum absolute atomic E-state index is 12.8. The van der Waals surface area contributed by atoms with E-state index in [1.54, 1.807) is 29.0 Å². The molecule has 1 amide bonds. The number of carbonyl (C=O) groups is 1. The molecule has 25 heavy (non-hydrogen) atoms. The van der Waals surface area contributed by atoms with E-state index in [1.807, 2.05) is 16.2 Å². The first kappa shape index (κ1) is 15.0. The number of hydrogen-bond donors (Lipinski definition) is 0. The lowest BCUT2D eigenvalue weighted by Gasteiger charge is -2.43. The lowest BCUT2D eigenvalue weighted by atomic mass is 9.82. The Labute approximate surface area is 149 Å². The number of thiophene rings is 1. The molecule has 5 rings (SSSR count). The standard InChI is InChI=1S/C18H18N4O2S/c23-17(14-12-16-19-6-1-7-22(16)20-14)21-8-4-18(5-9-21)13-3-11-25-15(13)2-10-24-18/h1,3,6-7,11-12H,2,4-5,8-10H2. The van der Waals surface area contributed by atoms with E-state index >= 15 is 0 Å². The predicted molar refractivity (Wildman–Crippen MR) is 93.8 cm³/mol. The van der Waals surface area contributed by atoms with Gasteiger partial charge in [-0.3, -0.25) is 4.79 Å². The van der Waals surface area contributed by atoms with Crippen molar-refractivity contribution in [3.8, 4) is 0 Å². The molecule has 3 aromatic heterocycles. The lowest BCUT2D eigenvalue weighted by molar-refractivity contribution is -0.0926. The molecule has 2 aliphatic heterocycles. The van der Waals surface area contributed by atoms with Crippen LogP contribution in [0, 0.1) is 0 Å². The third-order valence-electron chi connectivity index (χ3n) is 5.26. The van der Waals surface area contributed by atoms with Gasteiger partial charge in [0.05, 0.1) is 12.2 Å². The second-order valence-electron chi connectivity index (χ2n) is 6.59. The molecule has 0 saturated carbocycles. The number of carbonyl (C=O) groups excluding carboxylic acids is 1. The fourth-order valence-electron chi connectivity index (χ4n) is 3.94. The summed E-state index contributed by atoms with van der Waals surface area (Å²) in [7, 11) is 0. The minimum absolute atomic E-state index is 0.0262. The maximum atomic E-state index is 12.8. The van der Waals surface area contributed by atoms with Gasteiger partial charge >= 0.3 is 0 Å². The van der Waals surface area contributed by atoms with Crippen LogP contribution in [-0.4, -0.2) is 45.1 Å². The third-order valence-corrected chi connectivity index (χ3v) is 6.24. The summed E-state index contributed by atoms with van der Waals surface area (Å²) in [4.78, 5) is 20.4. The van der Waals surface area contributed by atoms with Gasteiger partial charge in [-0.05, 0) is 35.9 Å². The average Bonchev–Trinajstić information content (AvgIpc) is 3.29. The highest BCUT2D eigenvalue weighted by Crippen LogP contribution is 2.43. The lowest BCUT2D eigenvalue weighted by Crippen LogP contribution is -2.48. The number of likely N-dealkylation sites (tertiary alicyclic amines) is 1. The Morgan fingerprint density at radius 2 is 2.20 bits per heavy atom. The Hall–Kier alpha value is -2.25. The molecule has 0 unspecified atom stereocenters. The molecule has 1 fully saturated rings. The van der Waals surface area contributed by atoms with Crippen LogP contribution in [0.1, 0.15) is 33.8 Å². The van der Waals surface area contributed by atoms with Gasteiger partial charge in [0.25, 0.3) is 5.91 Å². The summed E-state index contributed by atoms with van der Waals surface area (Å²) >= 11 is 1.82. The molecule has 7 heteroatoms. The summed E-state index contributed by atoms with van der Waals surface area (Å²) in [6.07, 6.45) is 6.20. The second kappa shape index (κ2) is 5.64. The Balaban J connectivity index is 1.36. The van der Waals surface area contributed by atoms with Gasteiger partial charge in [0.1, 0.15) is 0 Å². The van der Waals surface area contributed by atoms with Crippen LogP contribution in [0.2, 0.25) is 0 Å². The van der Waals surface area contributed by atoms with Gasteiger partial charge in [-0.15, -0.1) is 11.3 Å². The summed E-state index contributed by atoms with van der Waals surface area (Å²) in [5.74, 6) is -0.0262. The topological polar surface area (TPSA) is 59.7 Å². The first-order valence-electron chi connectivity index (χ1n) is 8.56. The SMILES string of the molecule is O=C(c1cc2ncccn2n1)N1CCC2(CC1)OCCc1sccc12. The van der Waals surface area contributed by atoms with Crippen LogP contribution >= 0.6 is 11.3 Å². The van der Waals surface area contributed by atoms with Gasteiger partial charge in [-0.25, -0.2) is 9.50 Å². The highest BCUT2D eigenvalue weighted by Gasteiger charge is 2.42. The number of piperidine rings is 1. The Morgan fingerprint density at radius 3 is 3.04 bits per heavy atom. The van der Waals surface area contributed by atoms with E-state index in [4.69, 9.17) is 4.74 Å². The zero-order valence-corrected chi connectivity index (χ0v) is 14.5. The van der Waals surface area contributed by atoms with Crippen LogP contribution in [0.25, 0.3) is 5.65 Å². The smallest absolute Gasteiger partial charge is 0.274 e. The number of amides is 1. The van der Waals surface area contributed by atoms with Crippen molar-refractivity contribution in [3.63, 3.8) is 0 Å². The van der Waals surface area contributed by atoms with E-state index in [0.717, 1.165) is 25.9 Å². The van der Waals surface area contributed by atoms with Gasteiger partial charge in [-0.1, -0.05) is 0 Å². The zero-order valence-electron chi connectivity index (χ0n) is 13.7. The first-order valence-corrected chi connectivity index (χ1v) is 9.44. The molecule has 0 atom stereocenters. The van der Waals surface area contributed by atoms with Crippen molar-refractivity contribution < 1.29 is 9.53 Å². The van der Waals surface area contributed by atoms with Gasteiger partial charge in [0, 0.05) is 42.8 Å². The number of ether oxygens (including phenoxy) is 1. The van der Waals surface area contributed by atoms with Crippen molar-refractivity contribution >= 4 is 22.9 Å². The number of aromatic nitrogens is 3. The summed E-state index contributed by atoms with van der Waals surface area (Å²) in [6.45, 7) is 2.16. The number of fused-ring (bicyclic) bond motifs is 3. The van der Waals surface area contributed by atoms with E-state index in [2.05, 4.69) is 21.5 Å². The molecule has 6 nitrogen and oxygen atoms in total. The van der Waals surface area contributed by atoms with Crippen molar-refractivity contribution in [2.24, 2.45) is 0 Å². The van der Waals surface area contributed by atoms with Gasteiger partial charge in [0.15, 0.2) is 11.3 Å². The van der Waals surface area contributed by atoms with E-state index in [9.17, 15) is 4.79 Å². The fourth-order valence-corrected chi connectivity index (χ4v) is 4.89. The van der Waals surface area contributed by atoms with Crippen molar-refractivity contribution in [3.05, 3.63) is 52.1 Å². The number of rotatable bonds is 1. The Morgan fingerprint density at radius 1 is 1.32 bits per heavy atom. The molecule has 0 radical (unpaired) electrons. The molecule has 0 aliphatic carbocycles. The van der Waals surface area contributed by atoms with Gasteiger partial charge < -0.3 is 9.64 Å². The quantitative estimate of drug-likeness (QED) is 0.674. The van der Waals surface area contributed by atoms with Crippen molar-refractivity contribution in [1.29, 1.82) is 0 Å². The highest BCUT2D eigenvalue weighted by atomic mass is 32.1. The van der Waals surface area contributed by atoms with Gasteiger partial charge in [-0.2, -0.15) is 5.10 Å². The van der Waals surface area contributed by atoms with E-state index in [1.165, 1.54) is 10.4 Å². The molecular formula is C18H18N4O2S. The van der Waals surface area contributed by atoms with E-state index in [0.29, 0.717) is 24.4 Å². The van der Waals surface area contributed by atoms with Gasteiger partial charge in [0.2, 0.25) is 0 Å². The van der Waals surface area contributed by atoms with E-state index < -0.39 is 0 Å². The van der Waals surface area contributed by atoms with Crippen LogP contribution in [-0.2, 0) is 16.8 Å². The molecule has 1 spiro atoms.